The van der Waals surface area contributed by atoms with Gasteiger partial charge in [0.1, 0.15) is 0 Å². The SMILES string of the molecule is CC(C)CCCC(C(=O)O)c1ccc(CCC(C)C)cc1C(CCCC(C)C)C(=O)O. The summed E-state index contributed by atoms with van der Waals surface area (Å²) in [6.45, 7) is 12.9. The molecule has 176 valence electrons. The van der Waals surface area contributed by atoms with Crippen molar-refractivity contribution in [2.24, 2.45) is 17.8 Å². The van der Waals surface area contributed by atoms with Crippen molar-refractivity contribution in [1.29, 1.82) is 0 Å². The Labute approximate surface area is 189 Å². The topological polar surface area (TPSA) is 74.6 Å². The summed E-state index contributed by atoms with van der Waals surface area (Å²) in [6, 6.07) is 5.90. The average Bonchev–Trinajstić information content (AvgIpc) is 2.66. The number of aryl methyl sites for hydroxylation is 1. The molecule has 0 aliphatic carbocycles. The molecular formula is C27H44O4. The zero-order valence-electron chi connectivity index (χ0n) is 20.5. The van der Waals surface area contributed by atoms with Crippen LogP contribution in [0.5, 0.6) is 0 Å². The quantitative estimate of drug-likeness (QED) is 0.306. The van der Waals surface area contributed by atoms with E-state index in [0.29, 0.717) is 36.2 Å². The van der Waals surface area contributed by atoms with Crippen LogP contribution < -0.4 is 0 Å². The van der Waals surface area contributed by atoms with Crippen LogP contribution in [0.4, 0.5) is 0 Å². The van der Waals surface area contributed by atoms with E-state index in [4.69, 9.17) is 0 Å². The minimum absolute atomic E-state index is 0.522. The van der Waals surface area contributed by atoms with E-state index >= 15 is 0 Å². The molecule has 2 unspecified atom stereocenters. The maximum atomic E-state index is 12.3. The summed E-state index contributed by atoms with van der Waals surface area (Å²) < 4.78 is 0. The lowest BCUT2D eigenvalue weighted by atomic mass is 9.81. The van der Waals surface area contributed by atoms with Crippen molar-refractivity contribution in [3.8, 4) is 0 Å². The highest BCUT2D eigenvalue weighted by Gasteiger charge is 2.29. The summed E-state index contributed by atoms with van der Waals surface area (Å²) in [5, 5.41) is 20.0. The molecule has 0 fully saturated rings. The van der Waals surface area contributed by atoms with Gasteiger partial charge in [0.15, 0.2) is 0 Å². The molecule has 31 heavy (non-hydrogen) atoms. The second-order valence-corrected chi connectivity index (χ2v) is 10.3. The molecule has 0 amide bonds. The fourth-order valence-corrected chi connectivity index (χ4v) is 4.14. The largest absolute Gasteiger partial charge is 0.481 e. The average molecular weight is 433 g/mol. The molecule has 2 N–H and O–H groups in total. The summed E-state index contributed by atoms with van der Waals surface area (Å²) >= 11 is 0. The standard InChI is InChI=1S/C27H44O4/c1-18(2)9-7-11-23(26(28)29)22-16-15-21(14-13-20(5)6)17-25(22)24(27(30)31)12-8-10-19(3)4/h15-20,23-24H,7-14H2,1-6H3,(H,28,29)(H,30,31). The van der Waals surface area contributed by atoms with E-state index in [1.165, 1.54) is 0 Å². The molecular weight excluding hydrogens is 388 g/mol. The molecule has 0 radical (unpaired) electrons. The maximum Gasteiger partial charge on any atom is 0.310 e. The summed E-state index contributed by atoms with van der Waals surface area (Å²) in [4.78, 5) is 24.4. The number of aliphatic carboxylic acids is 2. The van der Waals surface area contributed by atoms with Crippen LogP contribution in [0, 0.1) is 17.8 Å². The Kier molecular flexibility index (Phi) is 11.9. The van der Waals surface area contributed by atoms with Crippen molar-refractivity contribution in [2.45, 2.75) is 105 Å². The van der Waals surface area contributed by atoms with Gasteiger partial charge in [-0.25, -0.2) is 0 Å². The summed E-state index contributed by atoms with van der Waals surface area (Å²) in [5.41, 5.74) is 2.52. The predicted molar refractivity (Wildman–Crippen MR) is 128 cm³/mol. The predicted octanol–water partition coefficient (Wildman–Crippen LogP) is 7.26. The van der Waals surface area contributed by atoms with Crippen LogP contribution >= 0.6 is 0 Å². The maximum absolute atomic E-state index is 12.3. The first-order valence-electron chi connectivity index (χ1n) is 12.1. The molecule has 0 saturated carbocycles. The van der Waals surface area contributed by atoms with Crippen LogP contribution in [-0.4, -0.2) is 22.2 Å². The van der Waals surface area contributed by atoms with E-state index in [0.717, 1.165) is 49.7 Å². The monoisotopic (exact) mass is 432 g/mol. The molecule has 0 spiro atoms. The van der Waals surface area contributed by atoms with E-state index in [1.807, 2.05) is 18.2 Å². The van der Waals surface area contributed by atoms with Gasteiger partial charge < -0.3 is 10.2 Å². The minimum atomic E-state index is -0.855. The van der Waals surface area contributed by atoms with Gasteiger partial charge in [0, 0.05) is 0 Å². The van der Waals surface area contributed by atoms with E-state index in [2.05, 4.69) is 41.5 Å². The number of rotatable bonds is 15. The van der Waals surface area contributed by atoms with Gasteiger partial charge in [0.05, 0.1) is 11.8 Å². The second kappa shape index (κ2) is 13.5. The number of hydrogen-bond donors (Lipinski definition) is 2. The van der Waals surface area contributed by atoms with Crippen LogP contribution in [0.15, 0.2) is 18.2 Å². The Morgan fingerprint density at radius 3 is 1.55 bits per heavy atom. The minimum Gasteiger partial charge on any atom is -0.481 e. The molecule has 1 aromatic carbocycles. The third kappa shape index (κ3) is 9.88. The molecule has 0 saturated heterocycles. The van der Waals surface area contributed by atoms with E-state index in [1.54, 1.807) is 0 Å². The van der Waals surface area contributed by atoms with Crippen LogP contribution in [-0.2, 0) is 16.0 Å². The third-order valence-corrected chi connectivity index (χ3v) is 6.06. The van der Waals surface area contributed by atoms with Gasteiger partial charge in [0.2, 0.25) is 0 Å². The first-order valence-corrected chi connectivity index (χ1v) is 12.1. The van der Waals surface area contributed by atoms with Gasteiger partial charge in [-0.05, 0) is 60.1 Å². The van der Waals surface area contributed by atoms with Gasteiger partial charge >= 0.3 is 11.9 Å². The van der Waals surface area contributed by atoms with E-state index < -0.39 is 23.8 Å². The smallest absolute Gasteiger partial charge is 0.310 e. The van der Waals surface area contributed by atoms with Gasteiger partial charge in [0.25, 0.3) is 0 Å². The number of hydrogen-bond acceptors (Lipinski definition) is 2. The third-order valence-electron chi connectivity index (χ3n) is 6.06. The first-order chi connectivity index (χ1) is 14.5. The summed E-state index contributed by atoms with van der Waals surface area (Å²) in [6.07, 6.45) is 6.61. The zero-order chi connectivity index (χ0) is 23.6. The molecule has 1 rings (SSSR count). The molecule has 0 bridgehead atoms. The molecule has 0 aliphatic rings. The zero-order valence-corrected chi connectivity index (χ0v) is 20.5. The van der Waals surface area contributed by atoms with Gasteiger partial charge in [-0.15, -0.1) is 0 Å². The number of carbonyl (C=O) groups is 2. The van der Waals surface area contributed by atoms with Gasteiger partial charge in [-0.3, -0.25) is 9.59 Å². The Hall–Kier alpha value is -1.84. The lowest BCUT2D eigenvalue weighted by molar-refractivity contribution is -0.140. The highest BCUT2D eigenvalue weighted by molar-refractivity contribution is 5.80. The lowest BCUT2D eigenvalue weighted by Gasteiger charge is -2.23. The van der Waals surface area contributed by atoms with Crippen molar-refractivity contribution >= 4 is 11.9 Å². The van der Waals surface area contributed by atoms with Crippen LogP contribution in [0.2, 0.25) is 0 Å². The fourth-order valence-electron chi connectivity index (χ4n) is 4.14. The number of benzene rings is 1. The van der Waals surface area contributed by atoms with Gasteiger partial charge in [-0.2, -0.15) is 0 Å². The summed E-state index contributed by atoms with van der Waals surface area (Å²) in [7, 11) is 0. The normalized spacial score (nSPS) is 13.7. The molecule has 0 heterocycles. The first kappa shape index (κ1) is 27.2. The van der Waals surface area contributed by atoms with E-state index in [-0.39, 0.29) is 0 Å². The number of carboxylic acid groups (broad SMARTS) is 2. The molecule has 1 aromatic rings. The summed E-state index contributed by atoms with van der Waals surface area (Å²) in [5.74, 6) is -1.40. The Bertz CT molecular complexity index is 690. The highest BCUT2D eigenvalue weighted by Crippen LogP contribution is 2.35. The van der Waals surface area contributed by atoms with Crippen LogP contribution in [0.3, 0.4) is 0 Å². The number of carboxylic acids is 2. The van der Waals surface area contributed by atoms with Crippen LogP contribution in [0.1, 0.15) is 115 Å². The highest BCUT2D eigenvalue weighted by atomic mass is 16.4. The molecule has 0 aliphatic heterocycles. The Morgan fingerprint density at radius 1 is 0.677 bits per heavy atom. The van der Waals surface area contributed by atoms with Crippen molar-refractivity contribution in [2.75, 3.05) is 0 Å². The van der Waals surface area contributed by atoms with Crippen LogP contribution in [0.25, 0.3) is 0 Å². The van der Waals surface area contributed by atoms with Crippen molar-refractivity contribution in [1.82, 2.24) is 0 Å². The molecule has 2 atom stereocenters. The van der Waals surface area contributed by atoms with Gasteiger partial charge in [-0.1, -0.05) is 85.4 Å². The second-order valence-electron chi connectivity index (χ2n) is 10.3. The fraction of sp³-hybridized carbons (Fsp3) is 0.704. The lowest BCUT2D eigenvalue weighted by Crippen LogP contribution is -2.20. The van der Waals surface area contributed by atoms with Crippen molar-refractivity contribution in [3.63, 3.8) is 0 Å². The Morgan fingerprint density at radius 2 is 1.13 bits per heavy atom. The molecule has 4 heteroatoms. The molecule has 0 aromatic heterocycles. The Balaban J connectivity index is 3.32. The molecule has 4 nitrogen and oxygen atoms in total. The van der Waals surface area contributed by atoms with Crippen molar-refractivity contribution in [3.05, 3.63) is 34.9 Å². The van der Waals surface area contributed by atoms with E-state index in [9.17, 15) is 19.8 Å². The van der Waals surface area contributed by atoms with Crippen molar-refractivity contribution < 1.29 is 19.8 Å².